The van der Waals surface area contributed by atoms with Crippen molar-refractivity contribution in [3.63, 3.8) is 0 Å². The second-order valence-corrected chi connectivity index (χ2v) is 7.26. The van der Waals surface area contributed by atoms with Gasteiger partial charge >= 0.3 is 10.4 Å². The first kappa shape index (κ1) is 16.5. The number of rotatable bonds is 4. The van der Waals surface area contributed by atoms with Crippen LogP contribution in [0.25, 0.3) is 0 Å². The number of likely N-dealkylation sites (N-methyl/N-ethyl adjacent to an activating group) is 1. The van der Waals surface area contributed by atoms with Crippen LogP contribution >= 0.6 is 0 Å². The third kappa shape index (κ3) is 2.92. The molecule has 0 amide bonds. The fourth-order valence-electron chi connectivity index (χ4n) is 3.27. The molecule has 130 valence electrons. The van der Waals surface area contributed by atoms with E-state index in [9.17, 15) is 8.42 Å². The Labute approximate surface area is 137 Å². The Hall–Kier alpha value is -1.32. The maximum Gasteiger partial charge on any atom is 0.449 e. The normalized spacial score (nSPS) is 31.3. The monoisotopic (exact) mass is 345 g/mol. The lowest BCUT2D eigenvalue weighted by atomic mass is 9.91. The van der Waals surface area contributed by atoms with Crippen LogP contribution in [0, 0.1) is 0 Å². The third-order valence-electron chi connectivity index (χ3n) is 4.27. The summed E-state index contributed by atoms with van der Waals surface area (Å²) in [5, 5.41) is 0. The molecule has 23 heavy (non-hydrogen) atoms. The van der Waals surface area contributed by atoms with Gasteiger partial charge in [0.2, 0.25) is 0 Å². The molecule has 2 aliphatic heterocycles. The summed E-state index contributed by atoms with van der Waals surface area (Å²) in [5.41, 5.74) is 0.531. The molecule has 1 aliphatic carbocycles. The predicted octanol–water partition coefficient (Wildman–Crippen LogP) is 0.679. The summed E-state index contributed by atoms with van der Waals surface area (Å²) in [5.74, 6) is 0.276. The minimum atomic E-state index is -4.02. The maximum absolute atomic E-state index is 11.8. The highest BCUT2D eigenvalue weighted by Gasteiger charge is 2.52. The predicted molar refractivity (Wildman–Crippen MR) is 83.8 cm³/mol. The molecule has 0 aromatic heterocycles. The zero-order valence-corrected chi connectivity index (χ0v) is 14.7. The van der Waals surface area contributed by atoms with Gasteiger partial charge in [-0.25, -0.2) is 4.18 Å². The van der Waals surface area contributed by atoms with Crippen molar-refractivity contribution in [3.05, 3.63) is 11.5 Å². The first-order chi connectivity index (χ1) is 10.9. The molecule has 0 saturated carbocycles. The van der Waals surface area contributed by atoms with Crippen molar-refractivity contribution in [2.75, 3.05) is 27.2 Å². The van der Waals surface area contributed by atoms with Crippen molar-refractivity contribution < 1.29 is 21.5 Å². The Bertz CT molecular complexity index is 643. The van der Waals surface area contributed by atoms with Gasteiger partial charge < -0.3 is 13.8 Å². The van der Waals surface area contributed by atoms with Crippen LogP contribution in [0.15, 0.2) is 16.4 Å². The molecule has 3 aliphatic rings. The zero-order chi connectivity index (χ0) is 16.8. The Morgan fingerprint density at radius 1 is 1.30 bits per heavy atom. The lowest BCUT2D eigenvalue weighted by Crippen LogP contribution is -2.49. The quantitative estimate of drug-likeness (QED) is 0.741. The molecule has 0 radical (unpaired) electrons. The van der Waals surface area contributed by atoms with Crippen molar-refractivity contribution in [2.45, 2.75) is 44.9 Å². The Morgan fingerprint density at radius 2 is 2.04 bits per heavy atom. The molecular weight excluding hydrogens is 322 g/mol. The van der Waals surface area contributed by atoms with Gasteiger partial charge in [-0.05, 0) is 19.5 Å². The van der Waals surface area contributed by atoms with E-state index in [1.807, 2.05) is 14.1 Å². The first-order valence-electron chi connectivity index (χ1n) is 7.89. The number of nitrogens with zero attached hydrogens (tertiary/aromatic N) is 3. The minimum Gasteiger partial charge on any atom is -0.455 e. The van der Waals surface area contributed by atoms with Crippen LogP contribution in [0.4, 0.5) is 0 Å². The summed E-state index contributed by atoms with van der Waals surface area (Å²) < 4.78 is 39.8. The number of hydrogen-bond acceptors (Lipinski definition) is 8. The fourth-order valence-corrected chi connectivity index (χ4v) is 4.18. The Kier molecular flexibility index (Phi) is 4.28. The largest absolute Gasteiger partial charge is 0.455 e. The highest BCUT2D eigenvalue weighted by molar-refractivity contribution is 7.82. The molecule has 8 nitrogen and oxygen atoms in total. The van der Waals surface area contributed by atoms with Crippen molar-refractivity contribution in [1.82, 2.24) is 9.80 Å². The molecule has 3 unspecified atom stereocenters. The molecule has 0 aromatic rings. The van der Waals surface area contributed by atoms with Crippen LogP contribution in [-0.2, 0) is 23.5 Å². The van der Waals surface area contributed by atoms with Gasteiger partial charge in [0.25, 0.3) is 6.02 Å². The topological polar surface area (TPSA) is 80.7 Å². The van der Waals surface area contributed by atoms with E-state index in [0.29, 0.717) is 18.1 Å². The van der Waals surface area contributed by atoms with E-state index in [0.717, 1.165) is 19.5 Å². The number of ether oxygens (including phenoxy) is 1. The summed E-state index contributed by atoms with van der Waals surface area (Å²) in [7, 11) is -0.362. The highest BCUT2D eigenvalue weighted by atomic mass is 32.3. The van der Waals surface area contributed by atoms with Crippen LogP contribution < -0.4 is 0 Å². The summed E-state index contributed by atoms with van der Waals surface area (Å²) in [4.78, 5) is 8.36. The van der Waals surface area contributed by atoms with E-state index in [-0.39, 0.29) is 17.9 Å². The molecular formula is C14H23N3O5S. The Morgan fingerprint density at radius 3 is 2.65 bits per heavy atom. The van der Waals surface area contributed by atoms with E-state index >= 15 is 0 Å². The van der Waals surface area contributed by atoms with E-state index < -0.39 is 16.5 Å². The van der Waals surface area contributed by atoms with Gasteiger partial charge in [0.15, 0.2) is 11.9 Å². The molecule has 3 atom stereocenters. The molecule has 0 N–H and O–H groups in total. The van der Waals surface area contributed by atoms with Gasteiger partial charge in [-0.3, -0.25) is 4.90 Å². The fraction of sp³-hybridized carbons (Fsp3) is 0.786. The van der Waals surface area contributed by atoms with Crippen LogP contribution in [0.5, 0.6) is 0 Å². The van der Waals surface area contributed by atoms with E-state index in [1.54, 1.807) is 4.90 Å². The lowest BCUT2D eigenvalue weighted by Gasteiger charge is -2.37. The van der Waals surface area contributed by atoms with Crippen molar-refractivity contribution in [1.29, 1.82) is 0 Å². The third-order valence-corrected chi connectivity index (χ3v) is 5.09. The van der Waals surface area contributed by atoms with Gasteiger partial charge in [0, 0.05) is 26.6 Å². The Balaban J connectivity index is 1.98. The number of amidine groups is 1. The van der Waals surface area contributed by atoms with Crippen LogP contribution in [0.2, 0.25) is 0 Å². The number of aliphatic imine (C=N–C) groups is 1. The summed E-state index contributed by atoms with van der Waals surface area (Å²) in [6.45, 7) is 5.80. The van der Waals surface area contributed by atoms with Gasteiger partial charge in [-0.15, -0.1) is 0 Å². The molecule has 2 heterocycles. The molecule has 0 aromatic carbocycles. The molecule has 1 fully saturated rings. The summed E-state index contributed by atoms with van der Waals surface area (Å²) >= 11 is 0. The van der Waals surface area contributed by atoms with Crippen molar-refractivity contribution >= 4 is 16.4 Å². The van der Waals surface area contributed by atoms with Gasteiger partial charge in [0.05, 0.1) is 0 Å². The second-order valence-electron chi connectivity index (χ2n) is 6.08. The van der Waals surface area contributed by atoms with Crippen LogP contribution in [-0.4, -0.2) is 69.7 Å². The van der Waals surface area contributed by atoms with Crippen molar-refractivity contribution in [3.8, 4) is 0 Å². The minimum absolute atomic E-state index is 0.113. The molecule has 0 bridgehead atoms. The van der Waals surface area contributed by atoms with Crippen LogP contribution in [0.1, 0.15) is 26.7 Å². The molecule has 3 rings (SSSR count). The van der Waals surface area contributed by atoms with Crippen LogP contribution in [0.3, 0.4) is 0 Å². The van der Waals surface area contributed by atoms with Gasteiger partial charge in [-0.2, -0.15) is 13.4 Å². The summed E-state index contributed by atoms with van der Waals surface area (Å²) in [6, 6.07) is 0.348. The van der Waals surface area contributed by atoms with E-state index in [4.69, 9.17) is 13.1 Å². The smallest absolute Gasteiger partial charge is 0.449 e. The number of hydrogen-bond donors (Lipinski definition) is 0. The van der Waals surface area contributed by atoms with Crippen molar-refractivity contribution in [2.24, 2.45) is 4.99 Å². The molecule has 0 spiro atoms. The second kappa shape index (κ2) is 5.95. The standard InChI is InChI=1S/C14H23N3O5S/c1-5-7-17(6-2)9-8-10-11(15-14(20-10)16(3)4)13-12(9)21-23(18,19)22-13/h9-10,12H,5-8H2,1-4H3. The van der Waals surface area contributed by atoms with E-state index in [1.165, 1.54) is 0 Å². The number of fused-ring (bicyclic) bond motifs is 2. The molecule has 1 saturated heterocycles. The van der Waals surface area contributed by atoms with Gasteiger partial charge in [-0.1, -0.05) is 13.8 Å². The van der Waals surface area contributed by atoms with Gasteiger partial charge in [0.1, 0.15) is 11.8 Å². The SMILES string of the molecule is CCCN(CC)C1CC2OC(N(C)C)=NC2=C2OS(=O)(=O)OC21. The summed E-state index contributed by atoms with van der Waals surface area (Å²) in [6.07, 6.45) is 0.650. The molecule has 9 heteroatoms. The lowest BCUT2D eigenvalue weighted by molar-refractivity contribution is 0.0520. The van der Waals surface area contributed by atoms with E-state index in [2.05, 4.69) is 23.7 Å². The highest BCUT2D eigenvalue weighted by Crippen LogP contribution is 2.42. The first-order valence-corrected chi connectivity index (χ1v) is 9.23. The maximum atomic E-state index is 11.8. The average Bonchev–Trinajstić information content (AvgIpc) is 3.03. The zero-order valence-electron chi connectivity index (χ0n) is 13.9. The average molecular weight is 345 g/mol.